The third-order valence-electron chi connectivity index (χ3n) is 4.90. The second-order valence-corrected chi connectivity index (χ2v) is 10.1. The summed E-state index contributed by atoms with van der Waals surface area (Å²) in [4.78, 5) is 17.2. The van der Waals surface area contributed by atoms with Crippen molar-refractivity contribution in [3.63, 3.8) is 0 Å². The zero-order valence-electron chi connectivity index (χ0n) is 18.3. The molecule has 2 aromatic carbocycles. The maximum absolute atomic E-state index is 14.3. The number of carbonyl (C=O) groups excluding carboxylic acids is 1. The first-order valence-corrected chi connectivity index (χ1v) is 12.8. The number of aliphatic hydroxyl groups excluding tert-OH is 1. The predicted molar refractivity (Wildman–Crippen MR) is 132 cm³/mol. The molecule has 1 heterocycles. The highest BCUT2D eigenvalue weighted by atomic mass is 32.2. The molecule has 0 radical (unpaired) electrons. The molecule has 0 saturated carbocycles. The summed E-state index contributed by atoms with van der Waals surface area (Å²) in [5, 5.41) is 12.1. The number of nitrogens with one attached hydrogen (secondary N) is 2. The van der Waals surface area contributed by atoms with Gasteiger partial charge in [-0.25, -0.2) is 22.5 Å². The number of aliphatic hydroxyl groups is 1. The third kappa shape index (κ3) is 6.06. The van der Waals surface area contributed by atoms with E-state index in [1.54, 1.807) is 18.2 Å². The average molecular weight is 505 g/mol. The van der Waals surface area contributed by atoms with Gasteiger partial charge < -0.3 is 16.2 Å². The number of ketones is 1. The van der Waals surface area contributed by atoms with E-state index in [2.05, 4.69) is 21.6 Å². The summed E-state index contributed by atoms with van der Waals surface area (Å²) < 4.78 is 41.6. The van der Waals surface area contributed by atoms with Crippen LogP contribution >= 0.6 is 11.3 Å². The molecule has 0 amide bonds. The first kappa shape index (κ1) is 25.5. The molecule has 0 atom stereocenters. The Morgan fingerprint density at radius 2 is 1.91 bits per heavy atom. The van der Waals surface area contributed by atoms with Crippen LogP contribution in [-0.4, -0.2) is 37.4 Å². The second kappa shape index (κ2) is 11.3. The van der Waals surface area contributed by atoms with Crippen molar-refractivity contribution in [2.24, 2.45) is 0 Å². The highest BCUT2D eigenvalue weighted by Gasteiger charge is 2.23. The largest absolute Gasteiger partial charge is 0.396 e. The number of carbonyl (C=O) groups is 1. The molecule has 0 aliphatic heterocycles. The SMILES string of the molecule is C=Cc1cccc(F)c1C(=O)c1sc(Nc2ccc(S(=O)(=O)NCCCCCO)cc2)nc1N. The first-order valence-electron chi connectivity index (χ1n) is 10.5. The van der Waals surface area contributed by atoms with Gasteiger partial charge in [0.2, 0.25) is 15.8 Å². The molecule has 0 fully saturated rings. The molecule has 8 nitrogen and oxygen atoms in total. The van der Waals surface area contributed by atoms with Gasteiger partial charge in [0.15, 0.2) is 5.13 Å². The molecule has 5 N–H and O–H groups in total. The number of anilines is 3. The minimum atomic E-state index is -3.65. The summed E-state index contributed by atoms with van der Waals surface area (Å²) in [6, 6.07) is 10.3. The number of unbranched alkanes of at least 4 members (excludes halogenated alkanes) is 2. The van der Waals surface area contributed by atoms with Crippen molar-refractivity contribution in [3.8, 4) is 0 Å². The Balaban J connectivity index is 1.71. The van der Waals surface area contributed by atoms with Gasteiger partial charge >= 0.3 is 0 Å². The fourth-order valence-corrected chi connectivity index (χ4v) is 5.08. The number of rotatable bonds is 12. The Morgan fingerprint density at radius 3 is 2.59 bits per heavy atom. The van der Waals surface area contributed by atoms with Gasteiger partial charge in [0.25, 0.3) is 0 Å². The monoisotopic (exact) mass is 504 g/mol. The summed E-state index contributed by atoms with van der Waals surface area (Å²) in [6.07, 6.45) is 3.39. The van der Waals surface area contributed by atoms with Crippen LogP contribution in [0.1, 0.15) is 40.1 Å². The van der Waals surface area contributed by atoms with Crippen LogP contribution in [0.2, 0.25) is 0 Å². The molecule has 0 aliphatic carbocycles. The first-order chi connectivity index (χ1) is 16.3. The van der Waals surface area contributed by atoms with E-state index in [1.807, 2.05) is 0 Å². The Morgan fingerprint density at radius 1 is 1.18 bits per heavy atom. The number of nitrogens with two attached hydrogens (primary N) is 1. The highest BCUT2D eigenvalue weighted by molar-refractivity contribution is 7.89. The third-order valence-corrected chi connectivity index (χ3v) is 7.36. The van der Waals surface area contributed by atoms with Gasteiger partial charge in [-0.15, -0.1) is 0 Å². The number of benzene rings is 2. The fourth-order valence-electron chi connectivity index (χ4n) is 3.16. The molecule has 0 saturated heterocycles. The van der Waals surface area contributed by atoms with E-state index in [0.29, 0.717) is 29.2 Å². The minimum Gasteiger partial charge on any atom is -0.396 e. The Hall–Kier alpha value is -3.12. The second-order valence-electron chi connectivity index (χ2n) is 7.30. The van der Waals surface area contributed by atoms with E-state index < -0.39 is 21.6 Å². The van der Waals surface area contributed by atoms with E-state index >= 15 is 0 Å². The van der Waals surface area contributed by atoms with Gasteiger partial charge in [-0.1, -0.05) is 36.1 Å². The number of sulfonamides is 1. The molecule has 0 unspecified atom stereocenters. The van der Waals surface area contributed by atoms with E-state index in [4.69, 9.17) is 10.8 Å². The molecular formula is C23H25FN4O4S2. The summed E-state index contributed by atoms with van der Waals surface area (Å²) in [7, 11) is -3.65. The molecule has 34 heavy (non-hydrogen) atoms. The Labute approximate surface area is 201 Å². The highest BCUT2D eigenvalue weighted by Crippen LogP contribution is 2.31. The van der Waals surface area contributed by atoms with Gasteiger partial charge in [0.1, 0.15) is 16.5 Å². The number of hydrogen-bond acceptors (Lipinski definition) is 8. The molecule has 180 valence electrons. The Kier molecular flexibility index (Phi) is 8.51. The lowest BCUT2D eigenvalue weighted by Crippen LogP contribution is -2.24. The summed E-state index contributed by atoms with van der Waals surface area (Å²) in [6.45, 7) is 3.98. The van der Waals surface area contributed by atoms with Crippen molar-refractivity contribution in [2.45, 2.75) is 24.2 Å². The van der Waals surface area contributed by atoms with Crippen molar-refractivity contribution in [1.82, 2.24) is 9.71 Å². The van der Waals surface area contributed by atoms with Crippen molar-refractivity contribution in [1.29, 1.82) is 0 Å². The molecule has 3 aromatic rings. The molecule has 3 rings (SSSR count). The van der Waals surface area contributed by atoms with Crippen LogP contribution < -0.4 is 15.8 Å². The van der Waals surface area contributed by atoms with Gasteiger partial charge in [-0.05, 0) is 55.2 Å². The van der Waals surface area contributed by atoms with Gasteiger partial charge in [0, 0.05) is 18.8 Å². The van der Waals surface area contributed by atoms with E-state index in [9.17, 15) is 17.6 Å². The molecule has 11 heteroatoms. The number of aromatic nitrogens is 1. The standard InChI is InChI=1S/C23H25FN4O4S2/c1-2-15-7-6-8-18(24)19(15)20(30)21-22(25)28-23(33-21)27-16-9-11-17(12-10-16)34(31,32)26-13-4-3-5-14-29/h2,6-12,26,29H,1,3-5,13-14,25H2,(H,27,28). The number of thiazole rings is 1. The molecular weight excluding hydrogens is 479 g/mol. The van der Waals surface area contributed by atoms with Crippen molar-refractivity contribution < 1.29 is 22.7 Å². The van der Waals surface area contributed by atoms with Crippen LogP contribution in [0.4, 0.5) is 21.0 Å². The number of nitrogens with zero attached hydrogens (tertiary/aromatic N) is 1. The van der Waals surface area contributed by atoms with Gasteiger partial charge in [-0.3, -0.25) is 4.79 Å². The average Bonchev–Trinajstić information content (AvgIpc) is 3.18. The lowest BCUT2D eigenvalue weighted by Gasteiger charge is -2.08. The Bertz CT molecular complexity index is 1270. The fraction of sp³-hybridized carbons (Fsp3) is 0.217. The zero-order valence-corrected chi connectivity index (χ0v) is 19.9. The maximum atomic E-state index is 14.3. The maximum Gasteiger partial charge on any atom is 0.240 e. The van der Waals surface area contributed by atoms with Gasteiger partial charge in [-0.2, -0.15) is 0 Å². The molecule has 0 aliphatic rings. The minimum absolute atomic E-state index is 0.0413. The molecule has 1 aromatic heterocycles. The lowest BCUT2D eigenvalue weighted by molar-refractivity contribution is 0.103. The van der Waals surface area contributed by atoms with Crippen molar-refractivity contribution in [2.75, 3.05) is 24.2 Å². The van der Waals surface area contributed by atoms with Crippen LogP contribution in [0.3, 0.4) is 0 Å². The van der Waals surface area contributed by atoms with E-state index in [0.717, 1.165) is 17.8 Å². The lowest BCUT2D eigenvalue weighted by atomic mass is 10.0. The smallest absolute Gasteiger partial charge is 0.240 e. The van der Waals surface area contributed by atoms with Crippen molar-refractivity contribution >= 4 is 49.9 Å². The van der Waals surface area contributed by atoms with Crippen LogP contribution in [0.25, 0.3) is 6.08 Å². The predicted octanol–water partition coefficient (Wildman–Crippen LogP) is 3.92. The quantitative estimate of drug-likeness (QED) is 0.217. The van der Waals surface area contributed by atoms with Crippen molar-refractivity contribution in [3.05, 3.63) is 70.9 Å². The number of halogens is 1. The van der Waals surface area contributed by atoms with Crippen LogP contribution in [0.15, 0.2) is 53.9 Å². The zero-order chi connectivity index (χ0) is 24.7. The van der Waals surface area contributed by atoms with E-state index in [1.165, 1.54) is 30.3 Å². The topological polar surface area (TPSA) is 134 Å². The molecule has 0 bridgehead atoms. The normalized spacial score (nSPS) is 11.4. The van der Waals surface area contributed by atoms with Crippen LogP contribution in [0.5, 0.6) is 0 Å². The summed E-state index contributed by atoms with van der Waals surface area (Å²) >= 11 is 0.966. The number of hydrogen-bond donors (Lipinski definition) is 4. The van der Waals surface area contributed by atoms with Gasteiger partial charge in [0.05, 0.1) is 10.5 Å². The van der Waals surface area contributed by atoms with Crippen LogP contribution in [0, 0.1) is 5.82 Å². The summed E-state index contributed by atoms with van der Waals surface area (Å²) in [5.74, 6) is -1.31. The summed E-state index contributed by atoms with van der Waals surface area (Å²) in [5.41, 5.74) is 6.68. The van der Waals surface area contributed by atoms with Crippen LogP contribution in [-0.2, 0) is 10.0 Å². The number of nitrogen functional groups attached to an aromatic ring is 1. The molecule has 0 spiro atoms. The van der Waals surface area contributed by atoms with E-state index in [-0.39, 0.29) is 34.3 Å².